The summed E-state index contributed by atoms with van der Waals surface area (Å²) < 4.78 is 11.2. The maximum Gasteiger partial charge on any atom is 0.197 e. The molecule has 3 aromatic carbocycles. The lowest BCUT2D eigenvalue weighted by molar-refractivity contribution is -0.255. The fraction of sp³-hybridized carbons (Fsp3) is 0.0800. The fourth-order valence-electron chi connectivity index (χ4n) is 3.41. The van der Waals surface area contributed by atoms with Crippen LogP contribution in [0.25, 0.3) is 6.08 Å². The maximum absolute atomic E-state index is 12.6. The predicted molar refractivity (Wildman–Crippen MR) is 111 cm³/mol. The number of benzene rings is 3. The van der Waals surface area contributed by atoms with E-state index in [-0.39, 0.29) is 29.3 Å². The van der Waals surface area contributed by atoms with Crippen molar-refractivity contribution in [3.8, 4) is 11.5 Å². The van der Waals surface area contributed by atoms with Gasteiger partial charge in [0.2, 0.25) is 0 Å². The number of ketones is 2. The van der Waals surface area contributed by atoms with Crippen molar-refractivity contribution in [1.29, 1.82) is 0 Å². The van der Waals surface area contributed by atoms with Crippen LogP contribution in [-0.4, -0.2) is 24.6 Å². The van der Waals surface area contributed by atoms with Gasteiger partial charge in [-0.05, 0) is 41.0 Å². The Bertz CT molecular complexity index is 1200. The van der Waals surface area contributed by atoms with Crippen molar-refractivity contribution in [2.24, 2.45) is 0 Å². The SMILES string of the molecule is COc1cc(C=C2C(=O)c3ccccc3C2=O)ccc1OCc1cccc(C(=O)[O-])c1. The molecule has 0 bridgehead atoms. The molecule has 0 atom stereocenters. The second kappa shape index (κ2) is 8.28. The van der Waals surface area contributed by atoms with Gasteiger partial charge in [-0.15, -0.1) is 0 Å². The Hall–Kier alpha value is -4.19. The summed E-state index contributed by atoms with van der Waals surface area (Å²) in [5.74, 6) is -0.993. The van der Waals surface area contributed by atoms with Crippen LogP contribution in [-0.2, 0) is 6.61 Å². The van der Waals surface area contributed by atoms with E-state index in [1.165, 1.54) is 19.2 Å². The Morgan fingerprint density at radius 2 is 1.61 bits per heavy atom. The van der Waals surface area contributed by atoms with E-state index >= 15 is 0 Å². The Morgan fingerprint density at radius 1 is 0.903 bits per heavy atom. The lowest BCUT2D eigenvalue weighted by atomic mass is 10.1. The highest BCUT2D eigenvalue weighted by molar-refractivity contribution is 6.41. The Labute approximate surface area is 178 Å². The first kappa shape index (κ1) is 20.1. The summed E-state index contributed by atoms with van der Waals surface area (Å²) in [4.78, 5) is 36.2. The topological polar surface area (TPSA) is 92.7 Å². The summed E-state index contributed by atoms with van der Waals surface area (Å²) in [6.07, 6.45) is 1.54. The minimum Gasteiger partial charge on any atom is -0.545 e. The number of fused-ring (bicyclic) bond motifs is 1. The van der Waals surface area contributed by atoms with Gasteiger partial charge in [0.15, 0.2) is 23.1 Å². The van der Waals surface area contributed by atoms with Crippen molar-refractivity contribution in [3.63, 3.8) is 0 Å². The minimum atomic E-state index is -1.25. The van der Waals surface area contributed by atoms with E-state index in [2.05, 4.69) is 0 Å². The third-order valence-electron chi connectivity index (χ3n) is 4.96. The van der Waals surface area contributed by atoms with Crippen LogP contribution in [0.5, 0.6) is 11.5 Å². The molecule has 0 N–H and O–H groups in total. The molecule has 154 valence electrons. The molecule has 0 heterocycles. The molecule has 0 spiro atoms. The molecule has 0 aliphatic heterocycles. The highest BCUT2D eigenvalue weighted by Gasteiger charge is 2.32. The van der Waals surface area contributed by atoms with Gasteiger partial charge in [-0.3, -0.25) is 9.59 Å². The van der Waals surface area contributed by atoms with Gasteiger partial charge >= 0.3 is 0 Å². The smallest absolute Gasteiger partial charge is 0.197 e. The molecule has 0 saturated heterocycles. The second-order valence-corrected chi connectivity index (χ2v) is 6.95. The average molecular weight is 413 g/mol. The first-order valence-electron chi connectivity index (χ1n) is 9.49. The van der Waals surface area contributed by atoms with Gasteiger partial charge in [0.25, 0.3) is 0 Å². The Kier molecular flexibility index (Phi) is 5.37. The summed E-state index contributed by atoms with van der Waals surface area (Å²) in [6.45, 7) is 0.129. The number of rotatable bonds is 6. The first-order chi connectivity index (χ1) is 15.0. The number of carboxylic acids is 1. The summed E-state index contributed by atoms with van der Waals surface area (Å²) in [5, 5.41) is 11.0. The van der Waals surface area contributed by atoms with Crippen molar-refractivity contribution in [2.75, 3.05) is 7.11 Å². The molecule has 31 heavy (non-hydrogen) atoms. The maximum atomic E-state index is 12.6. The monoisotopic (exact) mass is 413 g/mol. The van der Waals surface area contributed by atoms with Crippen LogP contribution in [0.2, 0.25) is 0 Å². The van der Waals surface area contributed by atoms with Gasteiger partial charge in [0, 0.05) is 11.1 Å². The molecule has 0 fully saturated rings. The van der Waals surface area contributed by atoms with Crippen LogP contribution in [0.4, 0.5) is 0 Å². The molecular weight excluding hydrogens is 396 g/mol. The largest absolute Gasteiger partial charge is 0.545 e. The predicted octanol–water partition coefficient (Wildman–Crippen LogP) is 3.10. The van der Waals surface area contributed by atoms with Crippen molar-refractivity contribution in [1.82, 2.24) is 0 Å². The number of carbonyl (C=O) groups excluding carboxylic acids is 3. The number of ether oxygens (including phenoxy) is 2. The molecule has 0 aromatic heterocycles. The minimum absolute atomic E-state index is 0.0712. The molecule has 1 aliphatic rings. The van der Waals surface area contributed by atoms with E-state index in [4.69, 9.17) is 9.47 Å². The first-order valence-corrected chi connectivity index (χ1v) is 9.49. The fourth-order valence-corrected chi connectivity index (χ4v) is 3.41. The number of carboxylic acid groups (broad SMARTS) is 1. The summed E-state index contributed by atoms with van der Waals surface area (Å²) in [6, 6.07) is 18.1. The number of Topliss-reactive ketones (excluding diaryl/α,β-unsaturated/α-hetero) is 2. The second-order valence-electron chi connectivity index (χ2n) is 6.95. The number of aromatic carboxylic acids is 1. The number of allylic oxidation sites excluding steroid dienone is 1. The van der Waals surface area contributed by atoms with Gasteiger partial charge in [0.05, 0.1) is 18.7 Å². The van der Waals surface area contributed by atoms with E-state index in [1.54, 1.807) is 60.7 Å². The van der Waals surface area contributed by atoms with Gasteiger partial charge in [0.1, 0.15) is 6.61 Å². The molecule has 4 rings (SSSR count). The molecule has 0 amide bonds. The molecule has 6 nitrogen and oxygen atoms in total. The number of methoxy groups -OCH3 is 1. The Balaban J connectivity index is 1.56. The molecule has 6 heteroatoms. The van der Waals surface area contributed by atoms with Crippen LogP contribution in [0, 0.1) is 0 Å². The molecular formula is C25H17O6-. The third-order valence-corrected chi connectivity index (χ3v) is 4.96. The highest BCUT2D eigenvalue weighted by atomic mass is 16.5. The van der Waals surface area contributed by atoms with Gasteiger partial charge < -0.3 is 19.4 Å². The number of carbonyl (C=O) groups is 3. The van der Waals surface area contributed by atoms with E-state index in [0.717, 1.165) is 0 Å². The van der Waals surface area contributed by atoms with Crippen LogP contribution >= 0.6 is 0 Å². The zero-order valence-electron chi connectivity index (χ0n) is 16.6. The third kappa shape index (κ3) is 3.96. The van der Waals surface area contributed by atoms with Crippen molar-refractivity contribution in [2.45, 2.75) is 6.61 Å². The van der Waals surface area contributed by atoms with Gasteiger partial charge in [-0.2, -0.15) is 0 Å². The van der Waals surface area contributed by atoms with E-state index in [0.29, 0.717) is 33.8 Å². The van der Waals surface area contributed by atoms with E-state index < -0.39 is 5.97 Å². The summed E-state index contributed by atoms with van der Waals surface area (Å²) in [5.41, 5.74) is 2.27. The van der Waals surface area contributed by atoms with Crippen LogP contribution in [0.3, 0.4) is 0 Å². The van der Waals surface area contributed by atoms with Crippen molar-refractivity contribution in [3.05, 3.63) is 100 Å². The zero-order valence-corrected chi connectivity index (χ0v) is 16.6. The van der Waals surface area contributed by atoms with E-state index in [1.807, 2.05) is 0 Å². The van der Waals surface area contributed by atoms with Crippen LogP contribution < -0.4 is 14.6 Å². The molecule has 0 radical (unpaired) electrons. The Morgan fingerprint density at radius 3 is 2.26 bits per heavy atom. The highest BCUT2D eigenvalue weighted by Crippen LogP contribution is 2.32. The molecule has 0 saturated carbocycles. The zero-order chi connectivity index (χ0) is 22.0. The summed E-state index contributed by atoms with van der Waals surface area (Å²) >= 11 is 0. The quantitative estimate of drug-likeness (QED) is 0.455. The lowest BCUT2D eigenvalue weighted by Gasteiger charge is -2.12. The standard InChI is InChI=1S/C25H18O6/c1-30-22-13-15(12-20-23(26)18-7-2-3-8-19(18)24(20)27)9-10-21(22)31-14-16-5-4-6-17(11-16)25(28)29/h2-13H,14H2,1H3,(H,28,29)/p-1. The van der Waals surface area contributed by atoms with Gasteiger partial charge in [-0.25, -0.2) is 0 Å². The summed E-state index contributed by atoms with van der Waals surface area (Å²) in [7, 11) is 1.48. The molecule has 0 unspecified atom stereocenters. The molecule has 1 aliphatic carbocycles. The van der Waals surface area contributed by atoms with Crippen LogP contribution in [0.15, 0.2) is 72.3 Å². The normalized spacial score (nSPS) is 12.5. The van der Waals surface area contributed by atoms with Gasteiger partial charge in [-0.1, -0.05) is 48.5 Å². The van der Waals surface area contributed by atoms with Crippen molar-refractivity contribution >= 4 is 23.6 Å². The molecule has 3 aromatic rings. The number of hydrogen-bond acceptors (Lipinski definition) is 6. The van der Waals surface area contributed by atoms with Crippen LogP contribution in [0.1, 0.15) is 42.2 Å². The van der Waals surface area contributed by atoms with E-state index in [9.17, 15) is 19.5 Å². The average Bonchev–Trinajstić information content (AvgIpc) is 3.03. The van der Waals surface area contributed by atoms with Crippen molar-refractivity contribution < 1.29 is 29.0 Å². The lowest BCUT2D eigenvalue weighted by Crippen LogP contribution is -2.22. The number of hydrogen-bond donors (Lipinski definition) is 0.